The molecule has 1 aliphatic rings. The summed E-state index contributed by atoms with van der Waals surface area (Å²) in [6.07, 6.45) is 1.82. The molecule has 1 fully saturated rings. The third-order valence-electron chi connectivity index (χ3n) is 2.58. The van der Waals surface area contributed by atoms with Gasteiger partial charge in [-0.05, 0) is 0 Å². The molecule has 6 nitrogen and oxygen atoms in total. The summed E-state index contributed by atoms with van der Waals surface area (Å²) in [5.74, 6) is 0.266. The molecular formula is C9H15N5OS. The van der Waals surface area contributed by atoms with E-state index in [-0.39, 0.29) is 5.84 Å². The van der Waals surface area contributed by atoms with E-state index in [0.29, 0.717) is 6.54 Å². The van der Waals surface area contributed by atoms with E-state index in [0.717, 1.165) is 31.3 Å². The predicted octanol–water partition coefficient (Wildman–Crippen LogP) is 0.0115. The van der Waals surface area contributed by atoms with E-state index in [9.17, 15) is 0 Å². The molecule has 88 valence electrons. The Kier molecular flexibility index (Phi) is 3.58. The lowest BCUT2D eigenvalue weighted by molar-refractivity contribution is 0.278. The molecule has 2 heterocycles. The van der Waals surface area contributed by atoms with Gasteiger partial charge in [-0.25, -0.2) is 4.98 Å². The van der Waals surface area contributed by atoms with Crippen molar-refractivity contribution in [3.8, 4) is 0 Å². The maximum atomic E-state index is 8.49. The number of amidine groups is 1. The molecular weight excluding hydrogens is 226 g/mol. The summed E-state index contributed by atoms with van der Waals surface area (Å²) >= 11 is 1.66. The molecule has 0 bridgehead atoms. The SMILES string of the molecule is N/C(CN1CCN(c2nccs2)CC1)=N\O. The third kappa shape index (κ3) is 2.61. The number of oxime groups is 1. The highest BCUT2D eigenvalue weighted by Gasteiger charge is 2.18. The maximum absolute atomic E-state index is 8.49. The monoisotopic (exact) mass is 241 g/mol. The average Bonchev–Trinajstić information content (AvgIpc) is 2.83. The van der Waals surface area contributed by atoms with Crippen LogP contribution in [0.5, 0.6) is 0 Å². The smallest absolute Gasteiger partial charge is 0.185 e. The maximum Gasteiger partial charge on any atom is 0.185 e. The lowest BCUT2D eigenvalue weighted by atomic mass is 10.3. The predicted molar refractivity (Wildman–Crippen MR) is 64.2 cm³/mol. The van der Waals surface area contributed by atoms with Crippen LogP contribution in [0.4, 0.5) is 5.13 Å². The molecule has 3 N–H and O–H groups in total. The second kappa shape index (κ2) is 5.13. The van der Waals surface area contributed by atoms with Crippen molar-refractivity contribution in [3.63, 3.8) is 0 Å². The summed E-state index contributed by atoms with van der Waals surface area (Å²) in [5.41, 5.74) is 5.47. The minimum Gasteiger partial charge on any atom is -0.409 e. The number of nitrogens with two attached hydrogens (primary N) is 1. The number of anilines is 1. The van der Waals surface area contributed by atoms with Crippen molar-refractivity contribution in [1.82, 2.24) is 9.88 Å². The normalized spacial score (nSPS) is 19.0. The van der Waals surface area contributed by atoms with Crippen LogP contribution >= 0.6 is 11.3 Å². The number of nitrogens with zero attached hydrogens (tertiary/aromatic N) is 4. The molecule has 0 saturated carbocycles. The summed E-state index contributed by atoms with van der Waals surface area (Å²) in [5, 5.41) is 14.5. The molecule has 0 unspecified atom stereocenters. The van der Waals surface area contributed by atoms with Gasteiger partial charge in [-0.3, -0.25) is 4.90 Å². The van der Waals surface area contributed by atoms with Crippen LogP contribution in [-0.2, 0) is 0 Å². The van der Waals surface area contributed by atoms with E-state index in [4.69, 9.17) is 10.9 Å². The molecule has 0 atom stereocenters. The average molecular weight is 241 g/mol. The van der Waals surface area contributed by atoms with Gasteiger partial charge in [-0.1, -0.05) is 5.16 Å². The van der Waals surface area contributed by atoms with Crippen molar-refractivity contribution in [3.05, 3.63) is 11.6 Å². The van der Waals surface area contributed by atoms with Gasteiger partial charge in [0.15, 0.2) is 11.0 Å². The number of rotatable bonds is 3. The fourth-order valence-electron chi connectivity index (χ4n) is 1.73. The zero-order valence-corrected chi connectivity index (χ0v) is 9.73. The Morgan fingerprint density at radius 1 is 1.50 bits per heavy atom. The van der Waals surface area contributed by atoms with Crippen LogP contribution in [-0.4, -0.2) is 53.7 Å². The van der Waals surface area contributed by atoms with Crippen LogP contribution in [0.15, 0.2) is 16.7 Å². The van der Waals surface area contributed by atoms with E-state index < -0.39 is 0 Å². The van der Waals surface area contributed by atoms with E-state index in [1.807, 2.05) is 11.6 Å². The van der Waals surface area contributed by atoms with Gasteiger partial charge in [-0.2, -0.15) is 0 Å². The largest absolute Gasteiger partial charge is 0.409 e. The Bertz CT molecular complexity index is 345. The number of piperazine rings is 1. The van der Waals surface area contributed by atoms with Crippen molar-refractivity contribution < 1.29 is 5.21 Å². The second-order valence-electron chi connectivity index (χ2n) is 3.67. The van der Waals surface area contributed by atoms with Gasteiger partial charge < -0.3 is 15.8 Å². The van der Waals surface area contributed by atoms with Gasteiger partial charge in [0.1, 0.15) is 0 Å². The highest BCUT2D eigenvalue weighted by molar-refractivity contribution is 7.13. The molecule has 1 aromatic heterocycles. The highest BCUT2D eigenvalue weighted by atomic mass is 32.1. The molecule has 7 heteroatoms. The van der Waals surface area contributed by atoms with E-state index in [2.05, 4.69) is 19.9 Å². The summed E-state index contributed by atoms with van der Waals surface area (Å²) in [6.45, 7) is 4.23. The molecule has 1 aliphatic heterocycles. The molecule has 0 aliphatic carbocycles. The van der Waals surface area contributed by atoms with Crippen LogP contribution in [0.2, 0.25) is 0 Å². The molecule has 1 saturated heterocycles. The van der Waals surface area contributed by atoms with Gasteiger partial charge in [0.2, 0.25) is 0 Å². The number of aromatic nitrogens is 1. The Morgan fingerprint density at radius 3 is 2.81 bits per heavy atom. The first-order valence-electron chi connectivity index (χ1n) is 5.13. The van der Waals surface area contributed by atoms with Crippen molar-refractivity contribution in [1.29, 1.82) is 0 Å². The molecule has 1 aromatic rings. The zero-order chi connectivity index (χ0) is 11.4. The number of hydrogen-bond acceptors (Lipinski definition) is 6. The van der Waals surface area contributed by atoms with E-state index in [1.54, 1.807) is 11.3 Å². The van der Waals surface area contributed by atoms with Gasteiger partial charge >= 0.3 is 0 Å². The number of hydrogen-bond donors (Lipinski definition) is 2. The van der Waals surface area contributed by atoms with Crippen LogP contribution in [0.3, 0.4) is 0 Å². The first kappa shape index (κ1) is 11.2. The molecule has 0 spiro atoms. The Morgan fingerprint density at radius 2 is 2.25 bits per heavy atom. The molecule has 2 rings (SSSR count). The van der Waals surface area contributed by atoms with Crippen molar-refractivity contribution in [2.45, 2.75) is 0 Å². The minimum atomic E-state index is 0.266. The Labute approximate surface area is 98.0 Å². The molecule has 0 radical (unpaired) electrons. The molecule has 16 heavy (non-hydrogen) atoms. The molecule has 0 amide bonds. The Balaban J connectivity index is 1.83. The Hall–Kier alpha value is -1.34. The van der Waals surface area contributed by atoms with Crippen molar-refractivity contribution in [2.24, 2.45) is 10.9 Å². The summed E-state index contributed by atoms with van der Waals surface area (Å²) < 4.78 is 0. The van der Waals surface area contributed by atoms with E-state index >= 15 is 0 Å². The third-order valence-corrected chi connectivity index (χ3v) is 3.41. The van der Waals surface area contributed by atoms with Gasteiger partial charge in [0, 0.05) is 37.8 Å². The fraction of sp³-hybridized carbons (Fsp3) is 0.556. The second-order valence-corrected chi connectivity index (χ2v) is 4.54. The van der Waals surface area contributed by atoms with Crippen LogP contribution in [0.1, 0.15) is 0 Å². The topological polar surface area (TPSA) is 78.0 Å². The standard InChI is InChI=1S/C9H15N5OS/c10-8(12-15)7-13-2-4-14(5-3-13)9-11-1-6-16-9/h1,6,15H,2-5,7H2,(H2,10,12). The number of thiazole rings is 1. The zero-order valence-electron chi connectivity index (χ0n) is 8.91. The highest BCUT2D eigenvalue weighted by Crippen LogP contribution is 2.18. The lowest BCUT2D eigenvalue weighted by Gasteiger charge is -2.34. The van der Waals surface area contributed by atoms with Crippen molar-refractivity contribution >= 4 is 22.3 Å². The van der Waals surface area contributed by atoms with Crippen molar-refractivity contribution in [2.75, 3.05) is 37.6 Å². The minimum absolute atomic E-state index is 0.266. The summed E-state index contributed by atoms with van der Waals surface area (Å²) in [4.78, 5) is 8.70. The quantitative estimate of drug-likeness (QED) is 0.337. The summed E-state index contributed by atoms with van der Waals surface area (Å²) in [7, 11) is 0. The van der Waals surface area contributed by atoms with Gasteiger partial charge in [0.25, 0.3) is 0 Å². The summed E-state index contributed by atoms with van der Waals surface area (Å²) in [6, 6.07) is 0. The van der Waals surface area contributed by atoms with Crippen LogP contribution in [0.25, 0.3) is 0 Å². The van der Waals surface area contributed by atoms with Crippen LogP contribution < -0.4 is 10.6 Å². The molecule has 0 aromatic carbocycles. The first-order valence-corrected chi connectivity index (χ1v) is 6.01. The van der Waals surface area contributed by atoms with Crippen LogP contribution in [0, 0.1) is 0 Å². The van der Waals surface area contributed by atoms with E-state index in [1.165, 1.54) is 0 Å². The lowest BCUT2D eigenvalue weighted by Crippen LogP contribution is -2.48. The van der Waals surface area contributed by atoms with Gasteiger partial charge in [-0.15, -0.1) is 11.3 Å². The fourth-order valence-corrected chi connectivity index (χ4v) is 2.43. The first-order chi connectivity index (χ1) is 7.79. The van der Waals surface area contributed by atoms with Gasteiger partial charge in [0.05, 0.1) is 6.54 Å².